The highest BCUT2D eigenvalue weighted by Gasteiger charge is 2.11. The fourth-order valence-electron chi connectivity index (χ4n) is 2.10. The Morgan fingerprint density at radius 2 is 1.93 bits per heavy atom. The normalized spacial score (nSPS) is 10.8. The first-order chi connectivity index (χ1) is 12.1. The van der Waals surface area contributed by atoms with Gasteiger partial charge in [-0.2, -0.15) is 0 Å². The molecule has 0 saturated heterocycles. The third-order valence-electron chi connectivity index (χ3n) is 3.56. The second-order valence-electron chi connectivity index (χ2n) is 5.36. The van der Waals surface area contributed by atoms with Crippen LogP contribution >= 0.6 is 24.8 Å². The van der Waals surface area contributed by atoms with Gasteiger partial charge in [0.05, 0.1) is 19.6 Å². The Bertz CT molecular complexity index is 683. The lowest BCUT2D eigenvalue weighted by Gasteiger charge is -2.12. The first kappa shape index (κ1) is 24.9. The molecule has 0 saturated carbocycles. The Morgan fingerprint density at radius 1 is 1.19 bits per heavy atom. The summed E-state index contributed by atoms with van der Waals surface area (Å²) in [4.78, 5) is 16.1. The molecule has 0 aliphatic carbocycles. The summed E-state index contributed by atoms with van der Waals surface area (Å²) < 4.78 is 15.9. The molecule has 3 N–H and O–H groups in total. The summed E-state index contributed by atoms with van der Waals surface area (Å²) in [7, 11) is 3.14. The van der Waals surface area contributed by atoms with E-state index in [0.29, 0.717) is 30.5 Å². The molecule has 0 bridgehead atoms. The van der Waals surface area contributed by atoms with Crippen LogP contribution in [0.15, 0.2) is 42.6 Å². The van der Waals surface area contributed by atoms with Gasteiger partial charge in [-0.1, -0.05) is 12.1 Å². The number of hydrogen-bond donors (Lipinski definition) is 2. The number of halogens is 2. The number of methoxy groups -OCH3 is 2. The number of amides is 1. The fourth-order valence-corrected chi connectivity index (χ4v) is 2.10. The van der Waals surface area contributed by atoms with Crippen LogP contribution < -0.4 is 20.5 Å². The number of nitrogens with zero attached hydrogens (tertiary/aromatic N) is 1. The molecular formula is C18H25Cl2N3O4. The van der Waals surface area contributed by atoms with E-state index in [1.54, 1.807) is 25.4 Å². The summed E-state index contributed by atoms with van der Waals surface area (Å²) in [6, 6.07) is 10.9. The van der Waals surface area contributed by atoms with Gasteiger partial charge in [0.25, 0.3) is 0 Å². The molecule has 0 aliphatic heterocycles. The van der Waals surface area contributed by atoms with Gasteiger partial charge in [0.15, 0.2) is 0 Å². The van der Waals surface area contributed by atoms with Crippen LogP contribution in [0, 0.1) is 0 Å². The number of hydrogen-bond acceptors (Lipinski definition) is 6. The molecule has 0 fully saturated rings. The lowest BCUT2D eigenvalue weighted by molar-refractivity contribution is -0.123. The molecule has 0 aliphatic rings. The van der Waals surface area contributed by atoms with Crippen molar-refractivity contribution in [2.75, 3.05) is 20.8 Å². The monoisotopic (exact) mass is 417 g/mol. The highest BCUT2D eigenvalue weighted by Crippen LogP contribution is 2.23. The molecule has 2 rings (SSSR count). The third kappa shape index (κ3) is 8.45. The molecule has 1 aromatic carbocycles. The molecule has 0 radical (unpaired) electrons. The molecule has 1 atom stereocenters. The van der Waals surface area contributed by atoms with Gasteiger partial charge in [0.1, 0.15) is 11.5 Å². The highest BCUT2D eigenvalue weighted by molar-refractivity contribution is 5.85. The smallest absolute Gasteiger partial charge is 0.222 e. The van der Waals surface area contributed by atoms with Crippen LogP contribution in [0.3, 0.4) is 0 Å². The molecule has 1 unspecified atom stereocenters. The Balaban J connectivity index is 0.00000338. The second-order valence-corrected chi connectivity index (χ2v) is 5.36. The van der Waals surface area contributed by atoms with Crippen LogP contribution in [0.4, 0.5) is 0 Å². The van der Waals surface area contributed by atoms with Gasteiger partial charge in [0, 0.05) is 38.5 Å². The van der Waals surface area contributed by atoms with E-state index in [-0.39, 0.29) is 43.2 Å². The molecule has 1 aromatic heterocycles. The predicted molar refractivity (Wildman–Crippen MR) is 108 cm³/mol. The van der Waals surface area contributed by atoms with Gasteiger partial charge in [-0.25, -0.2) is 4.98 Å². The summed E-state index contributed by atoms with van der Waals surface area (Å²) in [5.74, 6) is 1.70. The van der Waals surface area contributed by atoms with E-state index in [2.05, 4.69) is 10.3 Å². The van der Waals surface area contributed by atoms with E-state index in [1.807, 2.05) is 24.3 Å². The molecule has 0 spiro atoms. The highest BCUT2D eigenvalue weighted by atomic mass is 35.5. The molecule has 27 heavy (non-hydrogen) atoms. The van der Waals surface area contributed by atoms with Gasteiger partial charge in [-0.3, -0.25) is 4.79 Å². The topological polar surface area (TPSA) is 95.7 Å². The Labute approximate surface area is 171 Å². The van der Waals surface area contributed by atoms with E-state index in [4.69, 9.17) is 19.9 Å². The van der Waals surface area contributed by atoms with E-state index in [0.717, 1.165) is 5.56 Å². The van der Waals surface area contributed by atoms with Crippen LogP contribution in [0.25, 0.3) is 0 Å². The quantitative estimate of drug-likeness (QED) is 0.650. The average molecular weight is 418 g/mol. The van der Waals surface area contributed by atoms with Gasteiger partial charge >= 0.3 is 0 Å². The molecular weight excluding hydrogens is 393 g/mol. The van der Waals surface area contributed by atoms with Crippen molar-refractivity contribution in [2.24, 2.45) is 5.73 Å². The summed E-state index contributed by atoms with van der Waals surface area (Å²) in [6.07, 6.45) is 1.63. The zero-order chi connectivity index (χ0) is 18.1. The lowest BCUT2D eigenvalue weighted by Crippen LogP contribution is -2.31. The molecule has 9 heteroatoms. The van der Waals surface area contributed by atoms with Gasteiger partial charge in [-0.05, 0) is 17.7 Å². The number of nitrogens with two attached hydrogens (primary N) is 1. The maximum Gasteiger partial charge on any atom is 0.222 e. The van der Waals surface area contributed by atoms with Crippen molar-refractivity contribution < 1.29 is 19.0 Å². The van der Waals surface area contributed by atoms with Gasteiger partial charge in [-0.15, -0.1) is 24.8 Å². The maximum absolute atomic E-state index is 11.8. The predicted octanol–water partition coefficient (Wildman–Crippen LogP) is 2.71. The van der Waals surface area contributed by atoms with Crippen molar-refractivity contribution in [3.8, 4) is 17.4 Å². The number of carbonyl (C=O) groups excluding carboxylic acids is 1. The number of aromatic nitrogens is 1. The molecule has 2 aromatic rings. The van der Waals surface area contributed by atoms with Crippen LogP contribution in [-0.4, -0.2) is 37.8 Å². The van der Waals surface area contributed by atoms with Gasteiger partial charge < -0.3 is 25.3 Å². The number of rotatable bonds is 9. The van der Waals surface area contributed by atoms with Crippen molar-refractivity contribution in [1.82, 2.24) is 10.3 Å². The summed E-state index contributed by atoms with van der Waals surface area (Å²) in [5.41, 5.74) is 6.37. The lowest BCUT2D eigenvalue weighted by atomic mass is 10.2. The Kier molecular flexibility index (Phi) is 12.2. The fraction of sp³-hybridized carbons (Fsp3) is 0.333. The van der Waals surface area contributed by atoms with Crippen molar-refractivity contribution >= 4 is 30.7 Å². The Morgan fingerprint density at radius 3 is 2.52 bits per heavy atom. The van der Waals surface area contributed by atoms with Crippen molar-refractivity contribution in [1.29, 1.82) is 0 Å². The van der Waals surface area contributed by atoms with E-state index in [9.17, 15) is 4.79 Å². The van der Waals surface area contributed by atoms with Crippen LogP contribution in [0.2, 0.25) is 0 Å². The maximum atomic E-state index is 11.8. The van der Waals surface area contributed by atoms with E-state index >= 15 is 0 Å². The molecule has 150 valence electrons. The largest absolute Gasteiger partial charge is 0.497 e. The van der Waals surface area contributed by atoms with Crippen LogP contribution in [0.5, 0.6) is 17.4 Å². The SMILES string of the molecule is COc1cccc(Oc2ccc(CNC(=O)CC(CN)OC)cn2)c1.Cl.Cl. The number of pyridine rings is 1. The average Bonchev–Trinajstić information content (AvgIpc) is 2.65. The minimum absolute atomic E-state index is 0. The second kappa shape index (κ2) is 13.2. The molecule has 7 nitrogen and oxygen atoms in total. The van der Waals surface area contributed by atoms with E-state index in [1.165, 1.54) is 7.11 Å². The number of carbonyl (C=O) groups is 1. The van der Waals surface area contributed by atoms with Gasteiger partial charge in [0.2, 0.25) is 11.8 Å². The Hall–Kier alpha value is -2.06. The third-order valence-corrected chi connectivity index (χ3v) is 3.56. The van der Waals surface area contributed by atoms with Crippen molar-refractivity contribution in [3.63, 3.8) is 0 Å². The standard InChI is InChI=1S/C18H23N3O4.2ClH/c1-23-14-4-3-5-15(8-14)25-18-7-6-13(12-21-18)11-20-17(22)9-16(10-19)24-2;;/h3-8,12,16H,9-11,19H2,1-2H3,(H,20,22);2*1H. The first-order valence-corrected chi connectivity index (χ1v) is 7.91. The number of nitrogens with one attached hydrogen (secondary N) is 1. The van der Waals surface area contributed by atoms with Crippen molar-refractivity contribution in [2.45, 2.75) is 19.1 Å². The molecule has 1 heterocycles. The van der Waals surface area contributed by atoms with E-state index < -0.39 is 0 Å². The summed E-state index contributed by atoms with van der Waals surface area (Å²) >= 11 is 0. The first-order valence-electron chi connectivity index (χ1n) is 7.91. The molecule has 1 amide bonds. The minimum Gasteiger partial charge on any atom is -0.497 e. The zero-order valence-electron chi connectivity index (χ0n) is 15.2. The minimum atomic E-state index is -0.267. The van der Waals surface area contributed by atoms with Crippen LogP contribution in [-0.2, 0) is 16.1 Å². The van der Waals surface area contributed by atoms with Crippen molar-refractivity contribution in [3.05, 3.63) is 48.2 Å². The summed E-state index contributed by atoms with van der Waals surface area (Å²) in [6.45, 7) is 0.689. The summed E-state index contributed by atoms with van der Waals surface area (Å²) in [5, 5.41) is 2.81. The number of ether oxygens (including phenoxy) is 3. The van der Waals surface area contributed by atoms with Crippen LogP contribution in [0.1, 0.15) is 12.0 Å². The number of benzene rings is 1. The zero-order valence-corrected chi connectivity index (χ0v) is 16.8.